The average Bonchev–Trinajstić information content (AvgIpc) is 3.25. The van der Waals surface area contributed by atoms with Gasteiger partial charge in [-0.2, -0.15) is 0 Å². The topological polar surface area (TPSA) is 83.4 Å². The Kier molecular flexibility index (Phi) is 6.68. The first kappa shape index (κ1) is 20.2. The molecular weight excluding hydrogens is 366 g/mol. The number of amides is 2. The molecule has 1 heterocycles. The second-order valence-corrected chi connectivity index (χ2v) is 6.99. The maximum Gasteiger partial charge on any atom is 0.253 e. The molecule has 150 valence electrons. The molecule has 2 aromatic carbocycles. The third kappa shape index (κ3) is 5.72. The summed E-state index contributed by atoms with van der Waals surface area (Å²) in [6.45, 7) is 4.60. The van der Waals surface area contributed by atoms with E-state index in [-0.39, 0.29) is 18.4 Å². The minimum absolute atomic E-state index is 0.0500. The second kappa shape index (κ2) is 9.59. The lowest BCUT2D eigenvalue weighted by Gasteiger charge is -2.12. The lowest BCUT2D eigenvalue weighted by Crippen LogP contribution is -2.26. The smallest absolute Gasteiger partial charge is 0.253 e. The third-order valence-corrected chi connectivity index (χ3v) is 4.48. The van der Waals surface area contributed by atoms with Gasteiger partial charge in [0.2, 0.25) is 5.91 Å². The zero-order chi connectivity index (χ0) is 20.6. The maximum atomic E-state index is 12.5. The van der Waals surface area contributed by atoms with Crippen molar-refractivity contribution in [3.8, 4) is 0 Å². The summed E-state index contributed by atoms with van der Waals surface area (Å²) in [7, 11) is 0. The van der Waals surface area contributed by atoms with Gasteiger partial charge in [-0.05, 0) is 47.9 Å². The quantitative estimate of drug-likeness (QED) is 0.532. The number of para-hydroxylation sites is 1. The predicted octanol–water partition coefficient (Wildman–Crippen LogP) is 4.38. The first-order valence-corrected chi connectivity index (χ1v) is 9.56. The Morgan fingerprint density at radius 3 is 2.41 bits per heavy atom. The number of carbonyl (C=O) groups excluding carboxylic acids is 2. The summed E-state index contributed by atoms with van der Waals surface area (Å²) in [5.41, 5.74) is 3.02. The maximum absolute atomic E-state index is 12.5. The lowest BCUT2D eigenvalue weighted by molar-refractivity contribution is -0.114. The van der Waals surface area contributed by atoms with Crippen LogP contribution in [-0.4, -0.2) is 18.4 Å². The van der Waals surface area contributed by atoms with Gasteiger partial charge in [0.25, 0.3) is 5.91 Å². The van der Waals surface area contributed by atoms with Gasteiger partial charge >= 0.3 is 0 Å². The van der Waals surface area contributed by atoms with Crippen LogP contribution in [0, 0.1) is 0 Å². The van der Waals surface area contributed by atoms with Crippen molar-refractivity contribution in [3.63, 3.8) is 0 Å². The molecule has 0 bridgehead atoms. The van der Waals surface area contributed by atoms with Crippen molar-refractivity contribution >= 4 is 23.2 Å². The Bertz CT molecular complexity index is 948. The lowest BCUT2D eigenvalue weighted by atomic mass is 10.0. The zero-order valence-corrected chi connectivity index (χ0v) is 16.6. The summed E-state index contributed by atoms with van der Waals surface area (Å²) in [6, 6.07) is 18.4. The molecular formula is C23H25N3O3. The summed E-state index contributed by atoms with van der Waals surface area (Å²) in [5, 5.41) is 8.71. The summed E-state index contributed by atoms with van der Waals surface area (Å²) in [5.74, 6) is 0.686. The van der Waals surface area contributed by atoms with Crippen LogP contribution < -0.4 is 16.0 Å². The number of benzene rings is 2. The number of carbonyl (C=O) groups is 2. The average molecular weight is 391 g/mol. The fraction of sp³-hybridized carbons (Fsp3) is 0.217. The highest BCUT2D eigenvalue weighted by Gasteiger charge is 2.12. The van der Waals surface area contributed by atoms with Crippen molar-refractivity contribution in [2.45, 2.75) is 26.3 Å². The first-order valence-electron chi connectivity index (χ1n) is 9.56. The van der Waals surface area contributed by atoms with E-state index in [0.29, 0.717) is 29.5 Å². The molecule has 0 aliphatic rings. The minimum Gasteiger partial charge on any atom is -0.467 e. The van der Waals surface area contributed by atoms with Gasteiger partial charge in [-0.15, -0.1) is 0 Å². The normalized spacial score (nSPS) is 10.6. The fourth-order valence-electron chi connectivity index (χ4n) is 2.84. The monoisotopic (exact) mass is 391 g/mol. The van der Waals surface area contributed by atoms with E-state index in [1.54, 1.807) is 36.6 Å². The fourth-order valence-corrected chi connectivity index (χ4v) is 2.84. The molecule has 0 atom stereocenters. The van der Waals surface area contributed by atoms with E-state index >= 15 is 0 Å². The summed E-state index contributed by atoms with van der Waals surface area (Å²) < 4.78 is 5.22. The van der Waals surface area contributed by atoms with Crippen molar-refractivity contribution in [3.05, 3.63) is 83.8 Å². The van der Waals surface area contributed by atoms with Gasteiger partial charge < -0.3 is 20.4 Å². The van der Waals surface area contributed by atoms with E-state index in [1.165, 1.54) is 5.56 Å². The molecule has 0 saturated carbocycles. The van der Waals surface area contributed by atoms with Crippen molar-refractivity contribution in [2.24, 2.45) is 0 Å². The van der Waals surface area contributed by atoms with Crippen molar-refractivity contribution in [2.75, 3.05) is 17.2 Å². The highest BCUT2D eigenvalue weighted by Crippen LogP contribution is 2.18. The van der Waals surface area contributed by atoms with E-state index in [1.807, 2.05) is 30.3 Å². The van der Waals surface area contributed by atoms with Crippen LogP contribution in [-0.2, 0) is 11.3 Å². The minimum atomic E-state index is -0.241. The number of hydrogen-bond acceptors (Lipinski definition) is 4. The van der Waals surface area contributed by atoms with E-state index < -0.39 is 0 Å². The van der Waals surface area contributed by atoms with Gasteiger partial charge in [-0.25, -0.2) is 0 Å². The molecule has 3 aromatic rings. The van der Waals surface area contributed by atoms with E-state index in [9.17, 15) is 9.59 Å². The van der Waals surface area contributed by atoms with Crippen LogP contribution in [0.25, 0.3) is 0 Å². The molecule has 0 aliphatic heterocycles. The largest absolute Gasteiger partial charge is 0.467 e. The Labute approximate surface area is 170 Å². The van der Waals surface area contributed by atoms with Crippen LogP contribution in [0.5, 0.6) is 0 Å². The second-order valence-electron chi connectivity index (χ2n) is 6.99. The van der Waals surface area contributed by atoms with Crippen molar-refractivity contribution in [1.82, 2.24) is 5.32 Å². The van der Waals surface area contributed by atoms with Crippen LogP contribution in [0.4, 0.5) is 11.4 Å². The highest BCUT2D eigenvalue weighted by atomic mass is 16.3. The van der Waals surface area contributed by atoms with Crippen molar-refractivity contribution in [1.29, 1.82) is 0 Å². The highest BCUT2D eigenvalue weighted by molar-refractivity contribution is 6.00. The van der Waals surface area contributed by atoms with Crippen LogP contribution in [0.1, 0.15) is 41.4 Å². The molecule has 29 heavy (non-hydrogen) atoms. The van der Waals surface area contributed by atoms with Crippen molar-refractivity contribution < 1.29 is 14.0 Å². The molecule has 3 rings (SSSR count). The molecule has 0 spiro atoms. The van der Waals surface area contributed by atoms with Gasteiger partial charge in [-0.3, -0.25) is 9.59 Å². The first-order chi connectivity index (χ1) is 14.0. The molecule has 1 aromatic heterocycles. The molecule has 0 fully saturated rings. The number of furan rings is 1. The van der Waals surface area contributed by atoms with Crippen LogP contribution in [0.3, 0.4) is 0 Å². The predicted molar refractivity (Wildman–Crippen MR) is 114 cm³/mol. The molecule has 0 unspecified atom stereocenters. The Balaban J connectivity index is 1.56. The van der Waals surface area contributed by atoms with E-state index in [4.69, 9.17) is 4.42 Å². The third-order valence-electron chi connectivity index (χ3n) is 4.48. The number of rotatable bonds is 8. The standard InChI is InChI=1S/C23H25N3O3/c1-16(2)17-9-11-18(12-10-17)26-22(27)15-24-21-8-4-3-7-20(21)23(28)25-14-19-6-5-13-29-19/h3-13,16,24H,14-15H2,1-2H3,(H,25,28)(H,26,27). The summed E-state index contributed by atoms with van der Waals surface area (Å²) in [6.07, 6.45) is 1.56. The van der Waals surface area contributed by atoms with E-state index in [2.05, 4.69) is 29.8 Å². The molecule has 0 aliphatic carbocycles. The van der Waals surface area contributed by atoms with Crippen LogP contribution in [0.2, 0.25) is 0 Å². The molecule has 0 saturated heterocycles. The molecule has 6 heteroatoms. The molecule has 3 N–H and O–H groups in total. The molecule has 6 nitrogen and oxygen atoms in total. The number of hydrogen-bond donors (Lipinski definition) is 3. The SMILES string of the molecule is CC(C)c1ccc(NC(=O)CNc2ccccc2C(=O)NCc2ccco2)cc1. The van der Waals surface area contributed by atoms with Crippen LogP contribution in [0.15, 0.2) is 71.3 Å². The van der Waals surface area contributed by atoms with Gasteiger partial charge in [0, 0.05) is 11.4 Å². The Morgan fingerprint density at radius 2 is 1.72 bits per heavy atom. The molecule has 0 radical (unpaired) electrons. The molecule has 2 amide bonds. The van der Waals surface area contributed by atoms with Gasteiger partial charge in [0.1, 0.15) is 5.76 Å². The van der Waals surface area contributed by atoms with Gasteiger partial charge in [0.15, 0.2) is 0 Å². The van der Waals surface area contributed by atoms with Gasteiger partial charge in [0.05, 0.1) is 24.9 Å². The summed E-state index contributed by atoms with van der Waals surface area (Å²) in [4.78, 5) is 24.8. The zero-order valence-electron chi connectivity index (χ0n) is 16.6. The number of nitrogens with one attached hydrogen (secondary N) is 3. The van der Waals surface area contributed by atoms with E-state index in [0.717, 1.165) is 5.69 Å². The van der Waals surface area contributed by atoms with Crippen LogP contribution >= 0.6 is 0 Å². The van der Waals surface area contributed by atoms with Gasteiger partial charge in [-0.1, -0.05) is 38.1 Å². The Morgan fingerprint density at radius 1 is 0.966 bits per heavy atom. The Hall–Kier alpha value is -3.54. The number of anilines is 2. The summed E-state index contributed by atoms with van der Waals surface area (Å²) >= 11 is 0.